The van der Waals surface area contributed by atoms with Gasteiger partial charge < -0.3 is 4.74 Å². The highest BCUT2D eigenvalue weighted by Gasteiger charge is 2.26. The van der Waals surface area contributed by atoms with Crippen LogP contribution in [0.2, 0.25) is 0 Å². The van der Waals surface area contributed by atoms with Gasteiger partial charge in [-0.05, 0) is 30.8 Å². The monoisotopic (exact) mass is 240 g/mol. The molecule has 0 aromatic carbocycles. The van der Waals surface area contributed by atoms with Crippen molar-refractivity contribution >= 4 is 9.24 Å². The highest BCUT2D eigenvalue weighted by atomic mass is 31.0. The average molecular weight is 240 g/mol. The summed E-state index contributed by atoms with van der Waals surface area (Å²) in [7, 11) is 2.82. The maximum atomic E-state index is 6.16. The first-order valence-corrected chi connectivity index (χ1v) is 6.72. The van der Waals surface area contributed by atoms with Gasteiger partial charge in [0.2, 0.25) is 0 Å². The van der Waals surface area contributed by atoms with Crippen LogP contribution in [0.25, 0.3) is 0 Å². The van der Waals surface area contributed by atoms with Crippen molar-refractivity contribution in [2.75, 3.05) is 0 Å². The topological polar surface area (TPSA) is 9.23 Å². The summed E-state index contributed by atoms with van der Waals surface area (Å²) in [5.41, 5.74) is 1.52. The van der Waals surface area contributed by atoms with Crippen molar-refractivity contribution in [3.8, 4) is 0 Å². The Morgan fingerprint density at radius 3 is 2.44 bits per heavy atom. The lowest BCUT2D eigenvalue weighted by atomic mass is 9.82. The van der Waals surface area contributed by atoms with E-state index in [9.17, 15) is 0 Å². The Morgan fingerprint density at radius 1 is 1.31 bits per heavy atom. The highest BCUT2D eigenvalue weighted by molar-refractivity contribution is 7.18. The fourth-order valence-electron chi connectivity index (χ4n) is 1.77. The number of hydrogen-bond acceptors (Lipinski definition) is 1. The summed E-state index contributed by atoms with van der Waals surface area (Å²) < 4.78 is 6.16. The van der Waals surface area contributed by atoms with Crippen molar-refractivity contribution in [3.05, 3.63) is 23.5 Å². The zero-order valence-corrected chi connectivity index (χ0v) is 12.4. The van der Waals surface area contributed by atoms with E-state index >= 15 is 0 Å². The van der Waals surface area contributed by atoms with Gasteiger partial charge in [-0.25, -0.2) is 0 Å². The molecule has 1 aliphatic rings. The van der Waals surface area contributed by atoms with Gasteiger partial charge in [0.15, 0.2) is 0 Å². The Bertz CT molecular complexity index is 305. The summed E-state index contributed by atoms with van der Waals surface area (Å²) in [6, 6.07) is 0. The average Bonchev–Trinajstić information content (AvgIpc) is 2.16. The Labute approximate surface area is 103 Å². The van der Waals surface area contributed by atoms with E-state index in [0.717, 1.165) is 19.3 Å². The summed E-state index contributed by atoms with van der Waals surface area (Å²) in [6.07, 6.45) is 7.61. The molecule has 0 spiro atoms. The number of rotatable bonds is 3. The van der Waals surface area contributed by atoms with Gasteiger partial charge in [-0.15, -0.1) is 0 Å². The molecule has 0 saturated carbocycles. The summed E-state index contributed by atoms with van der Waals surface area (Å²) in [6.45, 7) is 11.0. The molecule has 0 aromatic rings. The second kappa shape index (κ2) is 4.92. The van der Waals surface area contributed by atoms with Crippen molar-refractivity contribution in [2.45, 2.75) is 59.2 Å². The summed E-state index contributed by atoms with van der Waals surface area (Å²) in [5, 5.41) is -0.128. The van der Waals surface area contributed by atoms with E-state index in [1.54, 1.807) is 0 Å². The van der Waals surface area contributed by atoms with Crippen LogP contribution in [-0.4, -0.2) is 5.34 Å². The van der Waals surface area contributed by atoms with Crippen molar-refractivity contribution < 1.29 is 4.74 Å². The van der Waals surface area contributed by atoms with Crippen LogP contribution in [0.15, 0.2) is 23.5 Å². The highest BCUT2D eigenvalue weighted by Crippen LogP contribution is 2.38. The van der Waals surface area contributed by atoms with Crippen molar-refractivity contribution in [1.29, 1.82) is 0 Å². The van der Waals surface area contributed by atoms with Gasteiger partial charge in [0.25, 0.3) is 0 Å². The van der Waals surface area contributed by atoms with E-state index in [0.29, 0.717) is 0 Å². The predicted octanol–water partition coefficient (Wildman–Crippen LogP) is 4.65. The third-order valence-electron chi connectivity index (χ3n) is 2.99. The zero-order chi connectivity index (χ0) is 12.4. The molecule has 0 N–H and O–H groups in total. The first-order chi connectivity index (χ1) is 7.26. The minimum Gasteiger partial charge on any atom is -0.488 e. The predicted molar refractivity (Wildman–Crippen MR) is 74.3 cm³/mol. The first-order valence-electron chi connectivity index (χ1n) is 6.14. The van der Waals surface area contributed by atoms with E-state index < -0.39 is 0 Å². The number of allylic oxidation sites excluding steroid dienone is 4. The third kappa shape index (κ3) is 3.63. The summed E-state index contributed by atoms with van der Waals surface area (Å²) in [5.74, 6) is 1.18. The molecule has 2 heteroatoms. The molecule has 0 bridgehead atoms. The van der Waals surface area contributed by atoms with E-state index in [1.165, 1.54) is 11.3 Å². The van der Waals surface area contributed by atoms with Crippen LogP contribution >= 0.6 is 9.24 Å². The van der Waals surface area contributed by atoms with Gasteiger partial charge in [0.05, 0.1) is 0 Å². The van der Waals surface area contributed by atoms with Gasteiger partial charge in [0, 0.05) is 6.42 Å². The quantitative estimate of drug-likeness (QED) is 0.652. The second-order valence-electron chi connectivity index (χ2n) is 5.80. The standard InChI is InChI=1S/C14H25OP/c1-6-14(5,16)15-12-10-8-7-9-11(12)13(2,3)4/h7,9H,6,8,10,16H2,1-5H3. The largest absolute Gasteiger partial charge is 0.488 e. The molecule has 0 aliphatic heterocycles. The minimum absolute atomic E-state index is 0.128. The molecule has 0 saturated heterocycles. The molecule has 1 rings (SSSR count). The first kappa shape index (κ1) is 13.8. The molecule has 2 unspecified atom stereocenters. The van der Waals surface area contributed by atoms with Crippen molar-refractivity contribution in [3.63, 3.8) is 0 Å². The molecule has 1 aliphatic carbocycles. The molecule has 16 heavy (non-hydrogen) atoms. The normalized spacial score (nSPS) is 20.9. The van der Waals surface area contributed by atoms with Crippen LogP contribution in [0.1, 0.15) is 53.9 Å². The van der Waals surface area contributed by atoms with Crippen LogP contribution in [0.4, 0.5) is 0 Å². The lowest BCUT2D eigenvalue weighted by Gasteiger charge is -2.32. The molecule has 2 atom stereocenters. The van der Waals surface area contributed by atoms with E-state index in [1.807, 2.05) is 0 Å². The van der Waals surface area contributed by atoms with Gasteiger partial charge in [-0.3, -0.25) is 0 Å². The van der Waals surface area contributed by atoms with E-state index in [2.05, 4.69) is 56.0 Å². The molecule has 1 nitrogen and oxygen atoms in total. The number of hydrogen-bond donors (Lipinski definition) is 0. The van der Waals surface area contributed by atoms with Gasteiger partial charge in [0.1, 0.15) is 11.1 Å². The fraction of sp³-hybridized carbons (Fsp3) is 0.714. The van der Waals surface area contributed by atoms with Gasteiger partial charge >= 0.3 is 0 Å². The zero-order valence-electron chi connectivity index (χ0n) is 11.3. The van der Waals surface area contributed by atoms with Crippen LogP contribution in [0.3, 0.4) is 0 Å². The van der Waals surface area contributed by atoms with Crippen LogP contribution in [0, 0.1) is 5.41 Å². The molecule has 0 heterocycles. The molecule has 0 fully saturated rings. The summed E-state index contributed by atoms with van der Waals surface area (Å²) >= 11 is 0. The van der Waals surface area contributed by atoms with Crippen LogP contribution in [-0.2, 0) is 4.74 Å². The van der Waals surface area contributed by atoms with Gasteiger partial charge in [-0.2, -0.15) is 0 Å². The lowest BCUT2D eigenvalue weighted by molar-refractivity contribution is 0.0843. The molecule has 92 valence electrons. The Hall–Kier alpha value is -0.290. The second-order valence-corrected chi connectivity index (χ2v) is 7.02. The molecular weight excluding hydrogens is 215 g/mol. The van der Waals surface area contributed by atoms with Crippen molar-refractivity contribution in [1.82, 2.24) is 0 Å². The Kier molecular flexibility index (Phi) is 4.23. The molecule has 0 aromatic heterocycles. The Balaban J connectivity index is 2.97. The van der Waals surface area contributed by atoms with Gasteiger partial charge in [-0.1, -0.05) is 49.1 Å². The van der Waals surface area contributed by atoms with E-state index in [4.69, 9.17) is 4.74 Å². The van der Waals surface area contributed by atoms with Crippen molar-refractivity contribution in [2.24, 2.45) is 5.41 Å². The minimum atomic E-state index is -0.128. The Morgan fingerprint density at radius 2 is 1.94 bits per heavy atom. The molecular formula is C14H25OP. The fourth-order valence-corrected chi connectivity index (χ4v) is 1.91. The number of ether oxygens (including phenoxy) is 1. The maximum absolute atomic E-state index is 6.16. The van der Waals surface area contributed by atoms with Crippen LogP contribution < -0.4 is 0 Å². The molecule has 0 amide bonds. The smallest absolute Gasteiger partial charge is 0.118 e. The maximum Gasteiger partial charge on any atom is 0.118 e. The lowest BCUT2D eigenvalue weighted by Crippen LogP contribution is -2.22. The van der Waals surface area contributed by atoms with E-state index in [-0.39, 0.29) is 10.8 Å². The van der Waals surface area contributed by atoms with Crippen LogP contribution in [0.5, 0.6) is 0 Å². The third-order valence-corrected chi connectivity index (χ3v) is 3.52. The summed E-state index contributed by atoms with van der Waals surface area (Å²) in [4.78, 5) is 0. The SMILES string of the molecule is CCC(C)(P)OC1=C(C(C)(C)C)C=CCC1. The molecule has 0 radical (unpaired) electrons.